The van der Waals surface area contributed by atoms with Gasteiger partial charge in [-0.1, -0.05) is 11.2 Å². The number of carbonyl (C=O) groups excluding carboxylic acids is 1. The van der Waals surface area contributed by atoms with Crippen molar-refractivity contribution in [1.82, 2.24) is 5.32 Å². The highest BCUT2D eigenvalue weighted by Crippen LogP contribution is 2.20. The first-order chi connectivity index (χ1) is 7.97. The summed E-state index contributed by atoms with van der Waals surface area (Å²) in [6, 6.07) is 3.46. The molecule has 0 saturated heterocycles. The Morgan fingerprint density at radius 3 is 2.88 bits per heavy atom. The van der Waals surface area contributed by atoms with Crippen LogP contribution >= 0.6 is 15.9 Å². The first-order valence-corrected chi connectivity index (χ1v) is 5.49. The number of nitrogens with one attached hydrogen (secondary N) is 1. The molecule has 0 aliphatic rings. The molecule has 0 aliphatic heterocycles. The largest absolute Gasteiger partial charge is 0.409 e. The minimum absolute atomic E-state index is 0.0733. The molecular formula is C10H11BrFN3O2. The van der Waals surface area contributed by atoms with Crippen molar-refractivity contribution in [2.75, 3.05) is 0 Å². The lowest BCUT2D eigenvalue weighted by Gasteiger charge is -2.13. The van der Waals surface area contributed by atoms with Crippen molar-refractivity contribution in [3.05, 3.63) is 34.1 Å². The second kappa shape index (κ2) is 5.62. The summed E-state index contributed by atoms with van der Waals surface area (Å²) in [6.07, 6.45) is 0. The van der Waals surface area contributed by atoms with Crippen LogP contribution in [0, 0.1) is 5.82 Å². The Balaban J connectivity index is 2.88. The smallest absolute Gasteiger partial charge is 0.253 e. The van der Waals surface area contributed by atoms with Gasteiger partial charge in [0.15, 0.2) is 5.84 Å². The van der Waals surface area contributed by atoms with Gasteiger partial charge in [-0.15, -0.1) is 0 Å². The van der Waals surface area contributed by atoms with E-state index in [1.807, 2.05) is 0 Å². The van der Waals surface area contributed by atoms with Gasteiger partial charge in [-0.05, 0) is 35.0 Å². The minimum atomic E-state index is -0.650. The molecule has 0 radical (unpaired) electrons. The maximum absolute atomic E-state index is 13.2. The normalized spacial score (nSPS) is 13.2. The highest BCUT2D eigenvalue weighted by molar-refractivity contribution is 9.10. The van der Waals surface area contributed by atoms with Gasteiger partial charge in [-0.3, -0.25) is 4.79 Å². The van der Waals surface area contributed by atoms with E-state index in [0.717, 1.165) is 0 Å². The lowest BCUT2D eigenvalue weighted by atomic mass is 10.2. The maximum atomic E-state index is 13.2. The first kappa shape index (κ1) is 13.4. The van der Waals surface area contributed by atoms with Crippen LogP contribution in [0.1, 0.15) is 17.3 Å². The number of amides is 1. The van der Waals surface area contributed by atoms with E-state index in [9.17, 15) is 9.18 Å². The second-order valence-corrected chi connectivity index (χ2v) is 4.11. The number of nitrogens with two attached hydrogens (primary N) is 1. The van der Waals surface area contributed by atoms with Crippen LogP contribution in [0.4, 0.5) is 4.39 Å². The number of amidine groups is 1. The zero-order valence-electron chi connectivity index (χ0n) is 8.95. The van der Waals surface area contributed by atoms with Crippen LogP contribution in [-0.2, 0) is 0 Å². The number of benzene rings is 1. The van der Waals surface area contributed by atoms with Gasteiger partial charge in [0.25, 0.3) is 5.91 Å². The van der Waals surface area contributed by atoms with Crippen LogP contribution in [0.2, 0.25) is 0 Å². The molecule has 0 fully saturated rings. The maximum Gasteiger partial charge on any atom is 0.253 e. The number of hydrogen-bond donors (Lipinski definition) is 3. The van der Waals surface area contributed by atoms with Gasteiger partial charge < -0.3 is 16.3 Å². The Kier molecular flexibility index (Phi) is 4.45. The Hall–Kier alpha value is -1.63. The predicted molar refractivity (Wildman–Crippen MR) is 64.4 cm³/mol. The summed E-state index contributed by atoms with van der Waals surface area (Å²) < 4.78 is 13.3. The molecule has 0 spiro atoms. The molecule has 1 amide bonds. The van der Waals surface area contributed by atoms with E-state index in [4.69, 9.17) is 10.9 Å². The molecule has 17 heavy (non-hydrogen) atoms. The van der Waals surface area contributed by atoms with Crippen LogP contribution in [0.15, 0.2) is 27.8 Å². The van der Waals surface area contributed by atoms with Crippen LogP contribution in [0.3, 0.4) is 0 Å². The number of nitrogens with zero attached hydrogens (tertiary/aromatic N) is 1. The summed E-state index contributed by atoms with van der Waals surface area (Å²) in [5.41, 5.74) is 5.45. The van der Waals surface area contributed by atoms with Gasteiger partial charge in [0, 0.05) is 0 Å². The van der Waals surface area contributed by atoms with Gasteiger partial charge in [-0.2, -0.15) is 0 Å². The number of carbonyl (C=O) groups is 1. The summed E-state index contributed by atoms with van der Waals surface area (Å²) in [4.78, 5) is 11.7. The van der Waals surface area contributed by atoms with Gasteiger partial charge in [0.05, 0.1) is 16.1 Å². The molecule has 1 atom stereocenters. The third kappa shape index (κ3) is 3.16. The van der Waals surface area contributed by atoms with E-state index < -0.39 is 17.8 Å². The van der Waals surface area contributed by atoms with Gasteiger partial charge >= 0.3 is 0 Å². The third-order valence-electron chi connectivity index (χ3n) is 2.10. The van der Waals surface area contributed by atoms with Gasteiger partial charge in [-0.25, -0.2) is 4.39 Å². The Bertz CT molecular complexity index is 465. The molecule has 1 aromatic carbocycles. The average molecular weight is 304 g/mol. The number of hydrogen-bond acceptors (Lipinski definition) is 3. The topological polar surface area (TPSA) is 87.7 Å². The minimum Gasteiger partial charge on any atom is -0.409 e. The highest BCUT2D eigenvalue weighted by Gasteiger charge is 2.16. The lowest BCUT2D eigenvalue weighted by Crippen LogP contribution is -2.42. The van der Waals surface area contributed by atoms with E-state index >= 15 is 0 Å². The fraction of sp³-hybridized carbons (Fsp3) is 0.200. The van der Waals surface area contributed by atoms with E-state index in [2.05, 4.69) is 26.4 Å². The van der Waals surface area contributed by atoms with Crippen LogP contribution in [0.25, 0.3) is 0 Å². The monoisotopic (exact) mass is 303 g/mol. The van der Waals surface area contributed by atoms with Crippen molar-refractivity contribution < 1.29 is 14.4 Å². The molecule has 7 heteroatoms. The highest BCUT2D eigenvalue weighted by atomic mass is 79.9. The molecule has 5 nitrogen and oxygen atoms in total. The molecule has 0 saturated carbocycles. The van der Waals surface area contributed by atoms with Crippen LogP contribution < -0.4 is 11.1 Å². The average Bonchev–Trinajstić information content (AvgIpc) is 2.31. The Morgan fingerprint density at radius 1 is 1.65 bits per heavy atom. The number of rotatable bonds is 3. The summed E-state index contributed by atoms with van der Waals surface area (Å²) in [7, 11) is 0. The third-order valence-corrected chi connectivity index (χ3v) is 2.91. The molecule has 1 unspecified atom stereocenters. The number of halogens is 2. The molecular weight excluding hydrogens is 293 g/mol. The van der Waals surface area contributed by atoms with Crippen molar-refractivity contribution in [3.8, 4) is 0 Å². The molecule has 92 valence electrons. The summed E-state index contributed by atoms with van der Waals surface area (Å²) in [5, 5.41) is 13.7. The molecule has 1 rings (SSSR count). The van der Waals surface area contributed by atoms with Crippen molar-refractivity contribution in [2.45, 2.75) is 13.0 Å². The molecule has 0 aliphatic carbocycles. The van der Waals surface area contributed by atoms with Crippen LogP contribution in [-0.4, -0.2) is 23.0 Å². The molecule has 4 N–H and O–H groups in total. The zero-order chi connectivity index (χ0) is 13.0. The first-order valence-electron chi connectivity index (χ1n) is 4.69. The van der Waals surface area contributed by atoms with Crippen LogP contribution in [0.5, 0.6) is 0 Å². The quantitative estimate of drug-likeness (QED) is 0.342. The summed E-state index contributed by atoms with van der Waals surface area (Å²) >= 11 is 2.98. The molecule has 0 bridgehead atoms. The standard InChI is InChI=1S/C10H11BrFN3O2/c1-5(9(13)15-17)14-10(16)6-3-2-4-7(12)8(6)11/h2-5,17H,1H3,(H2,13,15)(H,14,16). The SMILES string of the molecule is CC(NC(=O)c1cccc(F)c1Br)/C(N)=N/O. The molecule has 0 heterocycles. The van der Waals surface area contributed by atoms with Crippen molar-refractivity contribution in [1.29, 1.82) is 0 Å². The second-order valence-electron chi connectivity index (χ2n) is 3.32. The molecule has 1 aromatic rings. The van der Waals surface area contributed by atoms with Crippen molar-refractivity contribution in [3.63, 3.8) is 0 Å². The fourth-order valence-corrected chi connectivity index (χ4v) is 1.56. The fourth-order valence-electron chi connectivity index (χ4n) is 1.11. The van der Waals surface area contributed by atoms with E-state index in [0.29, 0.717) is 0 Å². The van der Waals surface area contributed by atoms with Gasteiger partial charge in [0.1, 0.15) is 5.82 Å². The van der Waals surface area contributed by atoms with E-state index in [1.54, 1.807) is 6.92 Å². The van der Waals surface area contributed by atoms with Crippen molar-refractivity contribution >= 4 is 27.7 Å². The zero-order valence-corrected chi connectivity index (χ0v) is 10.5. The lowest BCUT2D eigenvalue weighted by molar-refractivity contribution is 0.0947. The van der Waals surface area contributed by atoms with E-state index in [1.165, 1.54) is 18.2 Å². The summed E-state index contributed by atoms with van der Waals surface area (Å²) in [6.45, 7) is 1.54. The predicted octanol–water partition coefficient (Wildman–Crippen LogP) is 1.45. The summed E-state index contributed by atoms with van der Waals surface area (Å²) in [5.74, 6) is -1.18. The van der Waals surface area contributed by atoms with Gasteiger partial charge in [0.2, 0.25) is 0 Å². The Labute approximate surface area is 106 Å². The number of oxime groups is 1. The Morgan fingerprint density at radius 2 is 2.29 bits per heavy atom. The molecule has 0 aromatic heterocycles. The van der Waals surface area contributed by atoms with E-state index in [-0.39, 0.29) is 15.9 Å². The van der Waals surface area contributed by atoms with Crippen molar-refractivity contribution in [2.24, 2.45) is 10.9 Å².